The van der Waals surface area contributed by atoms with Crippen molar-refractivity contribution in [2.45, 2.75) is 42.2 Å². The minimum atomic E-state index is -0.144. The number of benzene rings is 1. The first-order valence-corrected chi connectivity index (χ1v) is 10.6. The number of likely N-dealkylation sites (tertiary alicyclic amines) is 1. The van der Waals surface area contributed by atoms with Gasteiger partial charge in [-0.2, -0.15) is 0 Å². The van der Waals surface area contributed by atoms with E-state index in [4.69, 9.17) is 4.74 Å². The Morgan fingerprint density at radius 1 is 1.19 bits per heavy atom. The van der Waals surface area contributed by atoms with Crippen molar-refractivity contribution in [1.82, 2.24) is 15.1 Å². The van der Waals surface area contributed by atoms with Gasteiger partial charge in [-0.05, 0) is 44.0 Å². The monoisotopic (exact) mass is 392 g/mol. The van der Waals surface area contributed by atoms with E-state index in [0.29, 0.717) is 5.13 Å². The molecule has 0 saturated carbocycles. The van der Waals surface area contributed by atoms with Gasteiger partial charge < -0.3 is 15.0 Å². The van der Waals surface area contributed by atoms with Gasteiger partial charge in [-0.1, -0.05) is 35.9 Å². The Morgan fingerprint density at radius 2 is 1.88 bits per heavy atom. The molecule has 3 rings (SSSR count). The number of methoxy groups -OCH3 is 1. The smallest absolute Gasteiger partial charge is 0.235 e. The molecule has 0 spiro atoms. The molecule has 26 heavy (non-hydrogen) atoms. The first kappa shape index (κ1) is 19.0. The van der Waals surface area contributed by atoms with Crippen molar-refractivity contribution in [1.29, 1.82) is 0 Å². The average Bonchev–Trinajstić information content (AvgIpc) is 2.92. The largest absolute Gasteiger partial charge is 0.497 e. The van der Waals surface area contributed by atoms with Crippen LogP contribution >= 0.6 is 23.1 Å². The van der Waals surface area contributed by atoms with E-state index in [2.05, 4.69) is 15.5 Å². The molecule has 140 valence electrons. The zero-order valence-corrected chi connectivity index (χ0v) is 16.7. The van der Waals surface area contributed by atoms with Gasteiger partial charge in [0.05, 0.1) is 12.4 Å². The van der Waals surface area contributed by atoms with Crippen molar-refractivity contribution >= 4 is 39.8 Å². The fourth-order valence-electron chi connectivity index (χ4n) is 2.86. The Balaban J connectivity index is 1.55. The quantitative estimate of drug-likeness (QED) is 0.744. The fourth-order valence-corrected chi connectivity index (χ4v) is 4.86. The number of hydrogen-bond acceptors (Lipinski definition) is 7. The molecule has 2 aromatic rings. The second kappa shape index (κ2) is 9.23. The zero-order valence-electron chi connectivity index (χ0n) is 15.1. The van der Waals surface area contributed by atoms with Gasteiger partial charge in [-0.25, -0.2) is 0 Å². The molecule has 0 bridgehead atoms. The molecule has 1 amide bonds. The molecule has 1 aromatic heterocycles. The summed E-state index contributed by atoms with van der Waals surface area (Å²) in [5, 5.41) is 12.2. The Kier molecular flexibility index (Phi) is 6.73. The fraction of sp³-hybridized carbons (Fsp3) is 0.500. The maximum atomic E-state index is 12.6. The summed E-state index contributed by atoms with van der Waals surface area (Å²) < 4.78 is 5.96. The lowest BCUT2D eigenvalue weighted by atomic mass is 10.2. The van der Waals surface area contributed by atoms with Crippen LogP contribution in [-0.4, -0.2) is 46.5 Å². The number of nitrogens with zero attached hydrogens (tertiary/aromatic N) is 3. The summed E-state index contributed by atoms with van der Waals surface area (Å²) in [6.07, 6.45) is 4.67. The van der Waals surface area contributed by atoms with Crippen molar-refractivity contribution in [3.63, 3.8) is 0 Å². The van der Waals surface area contributed by atoms with Gasteiger partial charge in [0, 0.05) is 18.8 Å². The van der Waals surface area contributed by atoms with Gasteiger partial charge in [0.2, 0.25) is 11.0 Å². The normalized spacial score (nSPS) is 16.0. The lowest BCUT2D eigenvalue weighted by Crippen LogP contribution is -2.37. The number of ether oxygens (including phenoxy) is 1. The van der Waals surface area contributed by atoms with Crippen LogP contribution in [0.1, 0.15) is 32.6 Å². The molecule has 1 aliphatic rings. The van der Waals surface area contributed by atoms with Crippen LogP contribution in [0.15, 0.2) is 28.6 Å². The van der Waals surface area contributed by atoms with E-state index in [9.17, 15) is 4.79 Å². The van der Waals surface area contributed by atoms with Gasteiger partial charge in [0.25, 0.3) is 0 Å². The van der Waals surface area contributed by atoms with Crippen molar-refractivity contribution in [2.75, 3.05) is 25.5 Å². The highest BCUT2D eigenvalue weighted by molar-refractivity contribution is 8.02. The summed E-state index contributed by atoms with van der Waals surface area (Å²) in [4.78, 5) is 14.6. The second-order valence-electron chi connectivity index (χ2n) is 6.23. The van der Waals surface area contributed by atoms with Crippen LogP contribution in [0.4, 0.5) is 10.8 Å². The predicted octanol–water partition coefficient (Wildman–Crippen LogP) is 4.17. The SMILES string of the molecule is COc1ccc(Nc2nnc(S[C@@H](C)C(=O)N3CCCCCC3)s2)cc1. The van der Waals surface area contributed by atoms with E-state index in [1.54, 1.807) is 7.11 Å². The highest BCUT2D eigenvalue weighted by atomic mass is 32.2. The summed E-state index contributed by atoms with van der Waals surface area (Å²) >= 11 is 2.95. The summed E-state index contributed by atoms with van der Waals surface area (Å²) in [7, 11) is 1.64. The number of nitrogens with one attached hydrogen (secondary N) is 1. The number of amides is 1. The zero-order chi connectivity index (χ0) is 18.4. The molecule has 1 saturated heterocycles. The van der Waals surface area contributed by atoms with Crippen molar-refractivity contribution in [3.05, 3.63) is 24.3 Å². The Bertz CT molecular complexity index is 712. The molecule has 1 fully saturated rings. The third-order valence-electron chi connectivity index (χ3n) is 4.29. The molecule has 1 atom stereocenters. The number of anilines is 2. The van der Waals surface area contributed by atoms with Crippen LogP contribution in [0.25, 0.3) is 0 Å². The number of rotatable bonds is 6. The van der Waals surface area contributed by atoms with Gasteiger partial charge in [0.1, 0.15) is 5.75 Å². The topological polar surface area (TPSA) is 67.3 Å². The number of aromatic nitrogens is 2. The third-order valence-corrected chi connectivity index (χ3v) is 6.30. The predicted molar refractivity (Wildman–Crippen MR) is 107 cm³/mol. The summed E-state index contributed by atoms with van der Waals surface area (Å²) in [5.41, 5.74) is 0.923. The second-order valence-corrected chi connectivity index (χ2v) is 8.79. The molecule has 0 aliphatic carbocycles. The minimum absolute atomic E-state index is 0.144. The number of carbonyl (C=O) groups is 1. The van der Waals surface area contributed by atoms with Crippen LogP contribution < -0.4 is 10.1 Å². The first-order valence-electron chi connectivity index (χ1n) is 8.86. The van der Waals surface area contributed by atoms with Gasteiger partial charge >= 0.3 is 0 Å². The molecule has 0 unspecified atom stereocenters. The Hall–Kier alpha value is -1.80. The maximum absolute atomic E-state index is 12.6. The van der Waals surface area contributed by atoms with E-state index in [-0.39, 0.29) is 11.2 Å². The number of carbonyl (C=O) groups excluding carboxylic acids is 1. The molecule has 1 N–H and O–H groups in total. The lowest BCUT2D eigenvalue weighted by Gasteiger charge is -2.23. The van der Waals surface area contributed by atoms with E-state index < -0.39 is 0 Å². The van der Waals surface area contributed by atoms with Crippen LogP contribution in [-0.2, 0) is 4.79 Å². The van der Waals surface area contributed by atoms with Gasteiger partial charge in [-0.15, -0.1) is 10.2 Å². The van der Waals surface area contributed by atoms with E-state index in [1.807, 2.05) is 36.1 Å². The number of thioether (sulfide) groups is 1. The van der Waals surface area contributed by atoms with E-state index >= 15 is 0 Å². The standard InChI is InChI=1S/C18H24N4O2S2/c1-13(16(23)22-11-5-3-4-6-12-22)25-18-21-20-17(26-18)19-14-7-9-15(24-2)10-8-14/h7-10,13H,3-6,11-12H2,1-2H3,(H,19,20)/t13-/m0/s1. The van der Waals surface area contributed by atoms with Crippen LogP contribution in [0.2, 0.25) is 0 Å². The summed E-state index contributed by atoms with van der Waals surface area (Å²) in [6, 6.07) is 7.64. The Labute approximate surface area is 162 Å². The van der Waals surface area contributed by atoms with Crippen LogP contribution in [0.5, 0.6) is 5.75 Å². The maximum Gasteiger partial charge on any atom is 0.235 e. The Morgan fingerprint density at radius 3 is 2.54 bits per heavy atom. The molecule has 8 heteroatoms. The summed E-state index contributed by atoms with van der Waals surface area (Å²) in [6.45, 7) is 3.71. The van der Waals surface area contributed by atoms with Crippen LogP contribution in [0, 0.1) is 0 Å². The average molecular weight is 393 g/mol. The van der Waals surface area contributed by atoms with E-state index in [0.717, 1.165) is 41.7 Å². The molecule has 2 heterocycles. The number of hydrogen-bond donors (Lipinski definition) is 1. The minimum Gasteiger partial charge on any atom is -0.497 e. The van der Waals surface area contributed by atoms with Gasteiger partial charge in [-0.3, -0.25) is 4.79 Å². The summed E-state index contributed by atoms with van der Waals surface area (Å²) in [5.74, 6) is 1.02. The highest BCUT2D eigenvalue weighted by Crippen LogP contribution is 2.31. The van der Waals surface area contributed by atoms with E-state index in [1.165, 1.54) is 35.9 Å². The molecule has 0 radical (unpaired) electrons. The van der Waals surface area contributed by atoms with Crippen molar-refractivity contribution in [2.24, 2.45) is 0 Å². The van der Waals surface area contributed by atoms with Crippen molar-refractivity contribution in [3.8, 4) is 5.75 Å². The molecule has 6 nitrogen and oxygen atoms in total. The molecule has 1 aromatic carbocycles. The molecule has 1 aliphatic heterocycles. The van der Waals surface area contributed by atoms with Gasteiger partial charge in [0.15, 0.2) is 4.34 Å². The van der Waals surface area contributed by atoms with Crippen LogP contribution in [0.3, 0.4) is 0 Å². The lowest BCUT2D eigenvalue weighted by molar-refractivity contribution is -0.130. The first-order chi connectivity index (χ1) is 12.7. The highest BCUT2D eigenvalue weighted by Gasteiger charge is 2.23. The molecular formula is C18H24N4O2S2. The third kappa shape index (κ3) is 5.11. The van der Waals surface area contributed by atoms with Crippen molar-refractivity contribution < 1.29 is 9.53 Å². The molecular weight excluding hydrogens is 368 g/mol.